The van der Waals surface area contributed by atoms with Crippen molar-refractivity contribution in [3.8, 4) is 5.75 Å². The number of rotatable bonds is 1. The highest BCUT2D eigenvalue weighted by atomic mass is 16.6. The van der Waals surface area contributed by atoms with Gasteiger partial charge in [-0.25, -0.2) is 4.79 Å². The third-order valence-corrected chi connectivity index (χ3v) is 2.21. The molecular weight excluding hydrogens is 194 g/mol. The highest BCUT2D eigenvalue weighted by molar-refractivity contribution is 5.73. The number of isocyanates is 1. The third-order valence-electron chi connectivity index (χ3n) is 2.21. The normalized spacial score (nSPS) is 18.3. The molecule has 15 heavy (non-hydrogen) atoms. The molecule has 1 N–H and O–H groups in total. The fourth-order valence-corrected chi connectivity index (χ4v) is 1.52. The van der Waals surface area contributed by atoms with Crippen LogP contribution >= 0.6 is 0 Å². The molecule has 1 aromatic rings. The Hall–Kier alpha value is -1.90. The Morgan fingerprint density at radius 3 is 3.07 bits per heavy atom. The van der Waals surface area contributed by atoms with Crippen molar-refractivity contribution < 1.29 is 14.6 Å². The number of ether oxygens (including phenoxy) is 1. The highest BCUT2D eigenvalue weighted by Gasteiger charge is 2.16. The van der Waals surface area contributed by atoms with E-state index in [1.807, 2.05) is 6.92 Å². The van der Waals surface area contributed by atoms with Crippen LogP contribution in [0.5, 0.6) is 5.75 Å². The van der Waals surface area contributed by atoms with E-state index in [1.54, 1.807) is 24.3 Å². The predicted octanol–water partition coefficient (Wildman–Crippen LogP) is 1.77. The summed E-state index contributed by atoms with van der Waals surface area (Å²) in [5.74, 6) is 0.527. The average molecular weight is 203 g/mol. The van der Waals surface area contributed by atoms with Crippen LogP contribution in [0.4, 0.5) is 5.69 Å². The molecule has 0 fully saturated rings. The largest absolute Gasteiger partial charge is 0.461 e. The van der Waals surface area contributed by atoms with Gasteiger partial charge in [-0.05, 0) is 30.7 Å². The molecule has 0 saturated heterocycles. The molecule has 0 aromatic heterocycles. The number of hydrogen-bond acceptors (Lipinski definition) is 4. The van der Waals surface area contributed by atoms with Crippen LogP contribution in [0.3, 0.4) is 0 Å². The molecule has 1 aromatic carbocycles. The van der Waals surface area contributed by atoms with E-state index in [0.29, 0.717) is 11.4 Å². The fraction of sp³-hybridized carbons (Fsp3) is 0.182. The molecule has 0 radical (unpaired) electrons. The molecule has 4 nitrogen and oxygen atoms in total. The van der Waals surface area contributed by atoms with Crippen LogP contribution in [0.15, 0.2) is 29.3 Å². The van der Waals surface area contributed by atoms with Crippen LogP contribution in [0.2, 0.25) is 0 Å². The van der Waals surface area contributed by atoms with Crippen molar-refractivity contribution in [2.45, 2.75) is 13.2 Å². The zero-order valence-electron chi connectivity index (χ0n) is 8.10. The topological polar surface area (TPSA) is 58.9 Å². The van der Waals surface area contributed by atoms with Crippen LogP contribution in [-0.4, -0.2) is 17.5 Å². The Labute approximate surface area is 86.5 Å². The summed E-state index contributed by atoms with van der Waals surface area (Å²) in [6, 6.07) is 5.09. The molecular formula is C11H9NO3. The molecule has 4 heteroatoms. The number of aliphatic hydroxyl groups excluding tert-OH is 1. The van der Waals surface area contributed by atoms with E-state index >= 15 is 0 Å². The van der Waals surface area contributed by atoms with Gasteiger partial charge in [0.2, 0.25) is 12.4 Å². The summed E-state index contributed by atoms with van der Waals surface area (Å²) in [5, 5.41) is 9.34. The molecule has 1 aliphatic rings. The summed E-state index contributed by atoms with van der Waals surface area (Å²) in [5.41, 5.74) is 2.29. The van der Waals surface area contributed by atoms with Crippen LogP contribution < -0.4 is 4.74 Å². The molecule has 1 atom stereocenters. The van der Waals surface area contributed by atoms with Gasteiger partial charge < -0.3 is 9.84 Å². The first-order valence-electron chi connectivity index (χ1n) is 4.46. The molecule has 1 unspecified atom stereocenters. The quantitative estimate of drug-likeness (QED) is 0.559. The zero-order chi connectivity index (χ0) is 10.8. The molecule has 1 heterocycles. The summed E-state index contributed by atoms with van der Waals surface area (Å²) < 4.78 is 5.18. The Morgan fingerprint density at radius 1 is 1.53 bits per heavy atom. The van der Waals surface area contributed by atoms with E-state index in [4.69, 9.17) is 4.74 Å². The van der Waals surface area contributed by atoms with Crippen molar-refractivity contribution in [2.24, 2.45) is 4.99 Å². The van der Waals surface area contributed by atoms with Crippen molar-refractivity contribution in [3.63, 3.8) is 0 Å². The van der Waals surface area contributed by atoms with Crippen molar-refractivity contribution >= 4 is 17.3 Å². The third kappa shape index (κ3) is 1.81. The van der Waals surface area contributed by atoms with Gasteiger partial charge >= 0.3 is 0 Å². The number of aliphatic hydroxyl groups is 1. The predicted molar refractivity (Wildman–Crippen MR) is 54.5 cm³/mol. The van der Waals surface area contributed by atoms with E-state index in [9.17, 15) is 9.90 Å². The molecule has 2 rings (SSSR count). The molecule has 0 spiro atoms. The Balaban J connectivity index is 2.50. The summed E-state index contributed by atoms with van der Waals surface area (Å²) in [6.45, 7) is 1.88. The second kappa shape index (κ2) is 3.69. The second-order valence-electron chi connectivity index (χ2n) is 3.24. The van der Waals surface area contributed by atoms with Crippen molar-refractivity contribution in [1.82, 2.24) is 0 Å². The summed E-state index contributed by atoms with van der Waals surface area (Å²) in [6.07, 6.45) is 2.13. The summed E-state index contributed by atoms with van der Waals surface area (Å²) in [4.78, 5) is 13.6. The minimum atomic E-state index is -0.937. The van der Waals surface area contributed by atoms with Crippen LogP contribution in [0, 0.1) is 0 Å². The van der Waals surface area contributed by atoms with Gasteiger partial charge in [0.25, 0.3) is 0 Å². The molecule has 76 valence electrons. The van der Waals surface area contributed by atoms with E-state index in [2.05, 4.69) is 4.99 Å². The minimum absolute atomic E-state index is 0.464. The zero-order valence-corrected chi connectivity index (χ0v) is 8.10. The lowest BCUT2D eigenvalue weighted by atomic mass is 10.0. The lowest BCUT2D eigenvalue weighted by Crippen LogP contribution is -2.16. The Morgan fingerprint density at radius 2 is 2.33 bits per heavy atom. The lowest BCUT2D eigenvalue weighted by Gasteiger charge is -2.20. The van der Waals surface area contributed by atoms with Gasteiger partial charge in [0, 0.05) is 11.6 Å². The van der Waals surface area contributed by atoms with Gasteiger partial charge in [-0.3, -0.25) is 0 Å². The monoisotopic (exact) mass is 203 g/mol. The van der Waals surface area contributed by atoms with Crippen molar-refractivity contribution in [2.75, 3.05) is 0 Å². The summed E-state index contributed by atoms with van der Waals surface area (Å²) >= 11 is 0. The average Bonchev–Trinajstić information content (AvgIpc) is 2.17. The van der Waals surface area contributed by atoms with E-state index in [-0.39, 0.29) is 0 Å². The van der Waals surface area contributed by atoms with Crippen LogP contribution in [0.1, 0.15) is 12.5 Å². The van der Waals surface area contributed by atoms with E-state index in [0.717, 1.165) is 11.1 Å². The lowest BCUT2D eigenvalue weighted by molar-refractivity contribution is 0.0225. The number of allylic oxidation sites excluding steroid dienone is 1. The standard InChI is InChI=1S/C11H9NO3/c1-7-4-11(14)15-10-5-8(12-6-13)2-3-9(7)10/h2-5,11,14H,1H3. The maximum absolute atomic E-state index is 10.1. The van der Waals surface area contributed by atoms with E-state index in [1.165, 1.54) is 6.08 Å². The number of fused-ring (bicyclic) bond motifs is 1. The summed E-state index contributed by atoms with van der Waals surface area (Å²) in [7, 11) is 0. The molecule has 0 bridgehead atoms. The first kappa shape index (κ1) is 9.65. The van der Waals surface area contributed by atoms with Crippen molar-refractivity contribution in [1.29, 1.82) is 0 Å². The van der Waals surface area contributed by atoms with E-state index < -0.39 is 6.29 Å². The van der Waals surface area contributed by atoms with Gasteiger partial charge in [-0.15, -0.1) is 0 Å². The van der Waals surface area contributed by atoms with Crippen LogP contribution in [-0.2, 0) is 4.79 Å². The second-order valence-corrected chi connectivity index (χ2v) is 3.24. The number of nitrogens with zero attached hydrogens (tertiary/aromatic N) is 1. The minimum Gasteiger partial charge on any atom is -0.461 e. The van der Waals surface area contributed by atoms with Gasteiger partial charge in [0.1, 0.15) is 5.75 Å². The molecule has 1 aliphatic heterocycles. The smallest absolute Gasteiger partial charge is 0.240 e. The SMILES string of the molecule is CC1=CC(O)Oc2cc(N=C=O)ccc21. The number of carbonyl (C=O) groups excluding carboxylic acids is 1. The maximum atomic E-state index is 10.1. The number of benzene rings is 1. The first-order chi connectivity index (χ1) is 7.20. The van der Waals surface area contributed by atoms with Gasteiger partial charge in [-0.2, -0.15) is 4.99 Å². The Kier molecular flexibility index (Phi) is 2.37. The van der Waals surface area contributed by atoms with Gasteiger partial charge in [0.05, 0.1) is 5.69 Å². The maximum Gasteiger partial charge on any atom is 0.240 e. The van der Waals surface area contributed by atoms with Crippen molar-refractivity contribution in [3.05, 3.63) is 29.8 Å². The van der Waals surface area contributed by atoms with Gasteiger partial charge in [-0.1, -0.05) is 0 Å². The fourth-order valence-electron chi connectivity index (χ4n) is 1.52. The highest BCUT2D eigenvalue weighted by Crippen LogP contribution is 2.33. The Bertz CT molecular complexity index is 473. The molecule has 0 amide bonds. The molecule has 0 saturated carbocycles. The first-order valence-corrected chi connectivity index (χ1v) is 4.46. The number of aliphatic imine (C=N–C) groups is 1. The molecule has 0 aliphatic carbocycles. The number of hydrogen-bond donors (Lipinski definition) is 1. The van der Waals surface area contributed by atoms with Gasteiger partial charge in [0.15, 0.2) is 0 Å². The van der Waals surface area contributed by atoms with Crippen LogP contribution in [0.25, 0.3) is 5.57 Å².